The van der Waals surface area contributed by atoms with E-state index >= 15 is 0 Å². The molecule has 5 nitrogen and oxygen atoms in total. The van der Waals surface area contributed by atoms with Crippen LogP contribution < -0.4 is 10.6 Å². The quantitative estimate of drug-likeness (QED) is 0.901. The van der Waals surface area contributed by atoms with Gasteiger partial charge in [0.05, 0.1) is 17.7 Å². The second-order valence-corrected chi connectivity index (χ2v) is 6.84. The largest absolute Gasteiger partial charge is 0.378 e. The van der Waals surface area contributed by atoms with Crippen molar-refractivity contribution in [2.45, 2.75) is 30.4 Å². The molecule has 1 aromatic carbocycles. The van der Waals surface area contributed by atoms with Gasteiger partial charge in [-0.3, -0.25) is 9.78 Å². The molecule has 0 radical (unpaired) electrons. The lowest BCUT2D eigenvalue weighted by Crippen LogP contribution is -2.49. The average Bonchev–Trinajstić information content (AvgIpc) is 2.92. The van der Waals surface area contributed by atoms with Gasteiger partial charge in [-0.15, -0.1) is 0 Å². The molecule has 1 spiro atoms. The predicted octanol–water partition coefficient (Wildman–Crippen LogP) is 2.20. The van der Waals surface area contributed by atoms with Gasteiger partial charge < -0.3 is 15.4 Å². The lowest BCUT2D eigenvalue weighted by molar-refractivity contribution is 0.00396. The first kappa shape index (κ1) is 16.2. The number of benzene rings is 1. The minimum absolute atomic E-state index is 0.0382. The topological polar surface area (TPSA) is 63.2 Å². The smallest absolute Gasteiger partial charge is 0.253 e. The molecule has 1 saturated heterocycles. The molecular weight excluding hydrogens is 314 g/mol. The fraction of sp³-hybridized carbons (Fsp3) is 0.400. The number of ether oxygens (including phenoxy) is 1. The molecule has 1 aromatic heterocycles. The maximum atomic E-state index is 12.7. The van der Waals surface area contributed by atoms with Crippen molar-refractivity contribution in [2.75, 3.05) is 20.2 Å². The molecule has 0 bridgehead atoms. The van der Waals surface area contributed by atoms with E-state index in [2.05, 4.69) is 33.8 Å². The van der Waals surface area contributed by atoms with Gasteiger partial charge in [0.2, 0.25) is 0 Å². The van der Waals surface area contributed by atoms with Gasteiger partial charge in [-0.1, -0.05) is 24.3 Å². The summed E-state index contributed by atoms with van der Waals surface area (Å²) in [6, 6.07) is 11.8. The van der Waals surface area contributed by atoms with Gasteiger partial charge >= 0.3 is 0 Å². The molecule has 2 heterocycles. The number of aromatic nitrogens is 1. The third kappa shape index (κ3) is 2.64. The molecular formula is C20H23N3O2. The number of carbonyl (C=O) groups is 1. The molecule has 0 unspecified atom stereocenters. The van der Waals surface area contributed by atoms with Crippen LogP contribution in [-0.4, -0.2) is 37.2 Å². The molecule has 25 heavy (non-hydrogen) atoms. The highest BCUT2D eigenvalue weighted by molar-refractivity contribution is 5.94. The Morgan fingerprint density at radius 2 is 2.04 bits per heavy atom. The number of pyridine rings is 1. The fourth-order valence-electron chi connectivity index (χ4n) is 4.52. The summed E-state index contributed by atoms with van der Waals surface area (Å²) in [7, 11) is 1.75. The number of nitrogens with zero attached hydrogens (tertiary/aromatic N) is 1. The van der Waals surface area contributed by atoms with Crippen LogP contribution in [0.2, 0.25) is 0 Å². The summed E-state index contributed by atoms with van der Waals surface area (Å²) in [6.07, 6.45) is 5.23. The van der Waals surface area contributed by atoms with E-state index in [0.29, 0.717) is 5.56 Å². The van der Waals surface area contributed by atoms with E-state index in [-0.39, 0.29) is 23.5 Å². The summed E-state index contributed by atoms with van der Waals surface area (Å²) >= 11 is 0. The van der Waals surface area contributed by atoms with Crippen molar-refractivity contribution in [3.63, 3.8) is 0 Å². The van der Waals surface area contributed by atoms with Crippen molar-refractivity contribution in [2.24, 2.45) is 0 Å². The van der Waals surface area contributed by atoms with E-state index < -0.39 is 0 Å². The van der Waals surface area contributed by atoms with Crippen molar-refractivity contribution in [1.82, 2.24) is 15.6 Å². The summed E-state index contributed by atoms with van der Waals surface area (Å²) < 4.78 is 5.98. The molecule has 2 aromatic rings. The summed E-state index contributed by atoms with van der Waals surface area (Å²) in [6.45, 7) is 1.94. The first-order valence-corrected chi connectivity index (χ1v) is 8.80. The number of carbonyl (C=O) groups excluding carboxylic acids is 1. The van der Waals surface area contributed by atoms with E-state index in [1.54, 1.807) is 31.6 Å². The van der Waals surface area contributed by atoms with E-state index in [0.717, 1.165) is 25.9 Å². The molecule has 1 aliphatic carbocycles. The average molecular weight is 337 g/mol. The fourth-order valence-corrected chi connectivity index (χ4v) is 4.52. The first-order chi connectivity index (χ1) is 12.3. The number of methoxy groups -OCH3 is 1. The molecule has 2 aliphatic rings. The lowest BCUT2D eigenvalue weighted by atomic mass is 9.72. The van der Waals surface area contributed by atoms with Gasteiger partial charge in [0.15, 0.2) is 0 Å². The molecule has 0 saturated carbocycles. The second kappa shape index (κ2) is 6.58. The van der Waals surface area contributed by atoms with Crippen LogP contribution in [0, 0.1) is 0 Å². The number of amides is 1. The molecule has 4 rings (SSSR count). The summed E-state index contributed by atoms with van der Waals surface area (Å²) in [5.41, 5.74) is 3.03. The Morgan fingerprint density at radius 3 is 2.76 bits per heavy atom. The van der Waals surface area contributed by atoms with Crippen LogP contribution in [-0.2, 0) is 10.2 Å². The van der Waals surface area contributed by atoms with Crippen LogP contribution in [0.1, 0.15) is 40.4 Å². The Kier molecular flexibility index (Phi) is 4.27. The highest BCUT2D eigenvalue weighted by atomic mass is 16.5. The number of hydrogen-bond acceptors (Lipinski definition) is 4. The van der Waals surface area contributed by atoms with E-state index in [1.807, 2.05) is 6.07 Å². The van der Waals surface area contributed by atoms with Crippen LogP contribution in [0.25, 0.3) is 0 Å². The van der Waals surface area contributed by atoms with Gasteiger partial charge in [0.1, 0.15) is 0 Å². The molecule has 2 atom stereocenters. The van der Waals surface area contributed by atoms with E-state index in [1.165, 1.54) is 11.1 Å². The van der Waals surface area contributed by atoms with Crippen molar-refractivity contribution < 1.29 is 9.53 Å². The van der Waals surface area contributed by atoms with Crippen LogP contribution in [0.3, 0.4) is 0 Å². The van der Waals surface area contributed by atoms with Gasteiger partial charge in [-0.25, -0.2) is 0 Å². The Hall–Kier alpha value is -2.24. The minimum Gasteiger partial charge on any atom is -0.378 e. The highest BCUT2D eigenvalue weighted by Crippen LogP contribution is 2.51. The third-order valence-electron chi connectivity index (χ3n) is 5.64. The van der Waals surface area contributed by atoms with Crippen LogP contribution >= 0.6 is 0 Å². The maximum absolute atomic E-state index is 12.7. The summed E-state index contributed by atoms with van der Waals surface area (Å²) in [4.78, 5) is 16.8. The van der Waals surface area contributed by atoms with Crippen molar-refractivity contribution >= 4 is 5.91 Å². The first-order valence-electron chi connectivity index (χ1n) is 8.80. The zero-order valence-electron chi connectivity index (χ0n) is 14.4. The molecule has 5 heteroatoms. The standard InChI is InChI=1S/C20H23N3O2/c1-25-18-17(23-19(24)14-5-4-10-22-13-14)15-6-2-3-7-16(15)20(18)8-11-21-12-9-20/h2-7,10,13,17-18,21H,8-9,11-12H2,1H3,(H,23,24)/t17-,18+/m1/s1. The molecule has 1 amide bonds. The molecule has 2 N–H and O–H groups in total. The normalized spacial score (nSPS) is 24.0. The zero-order chi connectivity index (χ0) is 17.3. The van der Waals surface area contributed by atoms with E-state index in [4.69, 9.17) is 4.74 Å². The molecule has 1 aliphatic heterocycles. The van der Waals surface area contributed by atoms with E-state index in [9.17, 15) is 4.79 Å². The Morgan fingerprint density at radius 1 is 1.24 bits per heavy atom. The number of nitrogens with one attached hydrogen (secondary N) is 2. The second-order valence-electron chi connectivity index (χ2n) is 6.84. The van der Waals surface area contributed by atoms with Gasteiger partial charge in [-0.2, -0.15) is 0 Å². The van der Waals surface area contributed by atoms with Crippen LogP contribution in [0.5, 0.6) is 0 Å². The maximum Gasteiger partial charge on any atom is 0.253 e. The molecule has 1 fully saturated rings. The Balaban J connectivity index is 1.71. The third-order valence-corrected chi connectivity index (χ3v) is 5.64. The predicted molar refractivity (Wildman–Crippen MR) is 95.5 cm³/mol. The highest BCUT2D eigenvalue weighted by Gasteiger charge is 2.53. The van der Waals surface area contributed by atoms with Crippen LogP contribution in [0.4, 0.5) is 0 Å². The van der Waals surface area contributed by atoms with Crippen molar-refractivity contribution in [3.8, 4) is 0 Å². The minimum atomic E-state index is -0.146. The van der Waals surface area contributed by atoms with Crippen molar-refractivity contribution in [1.29, 1.82) is 0 Å². The number of fused-ring (bicyclic) bond motifs is 2. The summed E-state index contributed by atoms with van der Waals surface area (Å²) in [5, 5.41) is 6.64. The van der Waals surface area contributed by atoms with Crippen molar-refractivity contribution in [3.05, 3.63) is 65.5 Å². The zero-order valence-corrected chi connectivity index (χ0v) is 14.4. The Labute approximate surface area is 147 Å². The van der Waals surface area contributed by atoms with Gasteiger partial charge in [0.25, 0.3) is 5.91 Å². The number of rotatable bonds is 3. The number of piperidine rings is 1. The SMILES string of the molecule is CO[C@H]1[C@H](NC(=O)c2cccnc2)c2ccccc2C12CCNCC2. The number of hydrogen-bond donors (Lipinski definition) is 2. The van der Waals surface area contributed by atoms with Gasteiger partial charge in [0, 0.05) is 24.9 Å². The van der Waals surface area contributed by atoms with Crippen LogP contribution in [0.15, 0.2) is 48.8 Å². The van der Waals surface area contributed by atoms with Gasteiger partial charge in [-0.05, 0) is 49.2 Å². The Bertz CT molecular complexity index is 757. The molecule has 130 valence electrons. The summed E-state index contributed by atoms with van der Waals surface area (Å²) in [5.74, 6) is -0.110. The monoisotopic (exact) mass is 337 g/mol. The lowest BCUT2D eigenvalue weighted by Gasteiger charge is -2.40.